The highest BCUT2D eigenvalue weighted by Gasteiger charge is 2.12. The van der Waals surface area contributed by atoms with Crippen molar-refractivity contribution in [3.8, 4) is 17.0 Å². The normalized spacial score (nSPS) is 10.6. The van der Waals surface area contributed by atoms with Gasteiger partial charge in [0.1, 0.15) is 11.6 Å². The summed E-state index contributed by atoms with van der Waals surface area (Å²) in [7, 11) is 1.64. The zero-order valence-electron chi connectivity index (χ0n) is 9.75. The van der Waals surface area contributed by atoms with E-state index in [0.717, 1.165) is 28.4 Å². The van der Waals surface area contributed by atoms with Gasteiger partial charge in [-0.25, -0.2) is 4.98 Å². The molecule has 0 amide bonds. The second kappa shape index (κ2) is 4.77. The molecule has 3 N–H and O–H groups in total. The Kier molecular flexibility index (Phi) is 3.36. The molecular formula is C12H14ClN3O. The Balaban J connectivity index is 2.57. The summed E-state index contributed by atoms with van der Waals surface area (Å²) in [5.74, 6) is 1.53. The number of H-pyrrole nitrogens is 1. The molecule has 0 fully saturated rings. The number of hydrogen-bond acceptors (Lipinski definition) is 3. The second-order valence-corrected chi connectivity index (χ2v) is 4.19. The average Bonchev–Trinajstić information content (AvgIpc) is 2.76. The van der Waals surface area contributed by atoms with E-state index < -0.39 is 0 Å². The highest BCUT2D eigenvalue weighted by Crippen LogP contribution is 2.34. The predicted octanol–water partition coefficient (Wildman–Crippen LogP) is 2.51. The van der Waals surface area contributed by atoms with Gasteiger partial charge < -0.3 is 15.5 Å². The van der Waals surface area contributed by atoms with Crippen LogP contribution < -0.4 is 10.5 Å². The van der Waals surface area contributed by atoms with Crippen LogP contribution in [0.25, 0.3) is 11.3 Å². The zero-order chi connectivity index (χ0) is 12.4. The molecule has 90 valence electrons. The molecule has 1 aromatic carbocycles. The maximum absolute atomic E-state index is 6.06. The van der Waals surface area contributed by atoms with Crippen LogP contribution in [0, 0.1) is 6.92 Å². The number of nitrogens with two attached hydrogens (primary N) is 1. The van der Waals surface area contributed by atoms with Gasteiger partial charge in [-0.2, -0.15) is 0 Å². The number of imidazole rings is 1. The van der Waals surface area contributed by atoms with Crippen LogP contribution in [-0.4, -0.2) is 17.1 Å². The maximum atomic E-state index is 6.06. The molecule has 0 unspecified atom stereocenters. The number of benzene rings is 1. The van der Waals surface area contributed by atoms with Crippen molar-refractivity contribution in [1.82, 2.24) is 9.97 Å². The molecule has 17 heavy (non-hydrogen) atoms. The van der Waals surface area contributed by atoms with Crippen molar-refractivity contribution in [2.24, 2.45) is 5.73 Å². The summed E-state index contributed by atoms with van der Waals surface area (Å²) in [5, 5.41) is 0.669. The number of rotatable bonds is 3. The first-order valence-electron chi connectivity index (χ1n) is 5.24. The lowest BCUT2D eigenvalue weighted by Crippen LogP contribution is -1.98. The molecule has 0 aliphatic heterocycles. The van der Waals surface area contributed by atoms with Crippen molar-refractivity contribution < 1.29 is 4.74 Å². The van der Waals surface area contributed by atoms with E-state index in [1.54, 1.807) is 13.3 Å². The topological polar surface area (TPSA) is 63.9 Å². The minimum Gasteiger partial charge on any atom is -0.496 e. The monoisotopic (exact) mass is 251 g/mol. The van der Waals surface area contributed by atoms with E-state index >= 15 is 0 Å². The molecule has 5 heteroatoms. The van der Waals surface area contributed by atoms with Crippen molar-refractivity contribution in [3.05, 3.63) is 34.7 Å². The summed E-state index contributed by atoms with van der Waals surface area (Å²) >= 11 is 6.06. The van der Waals surface area contributed by atoms with Crippen LogP contribution in [0.2, 0.25) is 5.02 Å². The first-order valence-corrected chi connectivity index (χ1v) is 5.62. The number of ether oxygens (including phenoxy) is 1. The van der Waals surface area contributed by atoms with Crippen LogP contribution in [0.15, 0.2) is 18.3 Å². The Labute approximate surface area is 105 Å². The van der Waals surface area contributed by atoms with Gasteiger partial charge in [0.2, 0.25) is 0 Å². The second-order valence-electron chi connectivity index (χ2n) is 3.75. The summed E-state index contributed by atoms with van der Waals surface area (Å²) in [6, 6.07) is 3.71. The number of nitrogens with zero attached hydrogens (tertiary/aromatic N) is 1. The standard InChI is InChI=1S/C12H14ClN3O/c1-7-3-8(13)4-9(12(7)17-2)10-6-15-11(5-14)16-10/h3-4,6H,5,14H2,1-2H3,(H,15,16). The molecule has 0 radical (unpaired) electrons. The fraction of sp³-hybridized carbons (Fsp3) is 0.250. The molecular weight excluding hydrogens is 238 g/mol. The van der Waals surface area contributed by atoms with Crippen molar-refractivity contribution in [3.63, 3.8) is 0 Å². The van der Waals surface area contributed by atoms with Crippen LogP contribution in [0.5, 0.6) is 5.75 Å². The Morgan fingerprint density at radius 2 is 2.24 bits per heavy atom. The smallest absolute Gasteiger partial charge is 0.131 e. The largest absolute Gasteiger partial charge is 0.496 e. The fourth-order valence-corrected chi connectivity index (χ4v) is 2.08. The molecule has 2 rings (SSSR count). The fourth-order valence-electron chi connectivity index (χ4n) is 1.80. The van der Waals surface area contributed by atoms with E-state index in [2.05, 4.69) is 9.97 Å². The molecule has 1 aromatic heterocycles. The number of halogens is 1. The van der Waals surface area contributed by atoms with E-state index in [-0.39, 0.29) is 0 Å². The molecule has 0 aliphatic rings. The highest BCUT2D eigenvalue weighted by atomic mass is 35.5. The maximum Gasteiger partial charge on any atom is 0.131 e. The number of methoxy groups -OCH3 is 1. The van der Waals surface area contributed by atoms with Gasteiger partial charge in [0, 0.05) is 10.6 Å². The quantitative estimate of drug-likeness (QED) is 0.881. The van der Waals surface area contributed by atoms with Gasteiger partial charge >= 0.3 is 0 Å². The van der Waals surface area contributed by atoms with Crippen LogP contribution in [0.3, 0.4) is 0 Å². The summed E-state index contributed by atoms with van der Waals surface area (Å²) < 4.78 is 5.39. The number of aromatic amines is 1. The first kappa shape index (κ1) is 12.0. The number of aromatic nitrogens is 2. The molecule has 4 nitrogen and oxygen atoms in total. The van der Waals surface area contributed by atoms with Gasteiger partial charge in [-0.1, -0.05) is 11.6 Å². The van der Waals surface area contributed by atoms with E-state index in [1.807, 2.05) is 19.1 Å². The SMILES string of the molecule is COc1c(C)cc(Cl)cc1-c1cnc(CN)[nH]1. The van der Waals surface area contributed by atoms with Crippen molar-refractivity contribution >= 4 is 11.6 Å². The minimum absolute atomic E-state index is 0.377. The first-order chi connectivity index (χ1) is 8.15. The predicted molar refractivity (Wildman–Crippen MR) is 68.2 cm³/mol. The minimum atomic E-state index is 0.377. The summed E-state index contributed by atoms with van der Waals surface area (Å²) in [6.45, 7) is 2.33. The van der Waals surface area contributed by atoms with Crippen LogP contribution >= 0.6 is 11.6 Å². The summed E-state index contributed by atoms with van der Waals surface area (Å²) in [6.07, 6.45) is 1.73. The van der Waals surface area contributed by atoms with Crippen LogP contribution in [0.4, 0.5) is 0 Å². The van der Waals surface area contributed by atoms with Gasteiger partial charge in [0.15, 0.2) is 0 Å². The van der Waals surface area contributed by atoms with Crippen LogP contribution in [-0.2, 0) is 6.54 Å². The molecule has 2 aromatic rings. The average molecular weight is 252 g/mol. The molecule has 0 atom stereocenters. The Hall–Kier alpha value is -1.52. The van der Waals surface area contributed by atoms with Gasteiger partial charge in [-0.15, -0.1) is 0 Å². The van der Waals surface area contributed by atoms with Gasteiger partial charge in [0.25, 0.3) is 0 Å². The van der Waals surface area contributed by atoms with Crippen molar-refractivity contribution in [2.75, 3.05) is 7.11 Å². The molecule has 0 saturated carbocycles. The Bertz CT molecular complexity index is 537. The third kappa shape index (κ3) is 2.28. The molecule has 0 saturated heterocycles. The number of nitrogens with one attached hydrogen (secondary N) is 1. The summed E-state index contributed by atoms with van der Waals surface area (Å²) in [5.41, 5.74) is 8.25. The van der Waals surface area contributed by atoms with Gasteiger partial charge in [0.05, 0.1) is 25.5 Å². The van der Waals surface area contributed by atoms with Gasteiger partial charge in [-0.3, -0.25) is 0 Å². The van der Waals surface area contributed by atoms with E-state index in [4.69, 9.17) is 22.1 Å². The Morgan fingerprint density at radius 1 is 1.47 bits per heavy atom. The lowest BCUT2D eigenvalue weighted by molar-refractivity contribution is 0.413. The lowest BCUT2D eigenvalue weighted by atomic mass is 10.1. The molecule has 0 aliphatic carbocycles. The lowest BCUT2D eigenvalue weighted by Gasteiger charge is -2.10. The molecule has 0 bridgehead atoms. The van der Waals surface area contributed by atoms with E-state index in [1.165, 1.54) is 0 Å². The highest BCUT2D eigenvalue weighted by molar-refractivity contribution is 6.31. The molecule has 1 heterocycles. The number of aryl methyl sites for hydroxylation is 1. The third-order valence-electron chi connectivity index (χ3n) is 2.56. The zero-order valence-corrected chi connectivity index (χ0v) is 10.5. The molecule has 0 spiro atoms. The van der Waals surface area contributed by atoms with Crippen LogP contribution in [0.1, 0.15) is 11.4 Å². The van der Waals surface area contributed by atoms with E-state index in [0.29, 0.717) is 11.6 Å². The van der Waals surface area contributed by atoms with Gasteiger partial charge in [-0.05, 0) is 24.6 Å². The Morgan fingerprint density at radius 3 is 2.82 bits per heavy atom. The van der Waals surface area contributed by atoms with Crippen molar-refractivity contribution in [2.45, 2.75) is 13.5 Å². The summed E-state index contributed by atoms with van der Waals surface area (Å²) in [4.78, 5) is 7.30. The number of hydrogen-bond donors (Lipinski definition) is 2. The van der Waals surface area contributed by atoms with Crippen molar-refractivity contribution in [1.29, 1.82) is 0 Å². The third-order valence-corrected chi connectivity index (χ3v) is 2.77. The van der Waals surface area contributed by atoms with E-state index in [9.17, 15) is 0 Å².